The van der Waals surface area contributed by atoms with Crippen LogP contribution in [0.15, 0.2) is 54.7 Å². The van der Waals surface area contributed by atoms with Crippen LogP contribution in [0.25, 0.3) is 22.0 Å². The lowest BCUT2D eigenvalue weighted by Crippen LogP contribution is -2.49. The molecule has 0 bridgehead atoms. The molecule has 2 aliphatic heterocycles. The predicted octanol–water partition coefficient (Wildman–Crippen LogP) is 4.42. The smallest absolute Gasteiger partial charge is 0.152 e. The molecule has 190 valence electrons. The number of piperidine rings is 1. The van der Waals surface area contributed by atoms with Crippen molar-refractivity contribution in [2.45, 2.75) is 44.1 Å². The first-order valence-corrected chi connectivity index (χ1v) is 13.0. The zero-order chi connectivity index (χ0) is 24.9. The second-order valence-electron chi connectivity index (χ2n) is 10.0. The molecule has 3 heterocycles. The Balaban J connectivity index is 1.35. The number of hydrogen-bond acceptors (Lipinski definition) is 7. The molecule has 1 N–H and O–H groups in total. The summed E-state index contributed by atoms with van der Waals surface area (Å²) in [5.74, 6) is 0.863. The highest BCUT2D eigenvalue weighted by atomic mass is 16.5. The Morgan fingerprint density at radius 1 is 1.17 bits per heavy atom. The lowest BCUT2D eigenvalue weighted by molar-refractivity contribution is -0.115. The molecule has 7 heteroatoms. The van der Waals surface area contributed by atoms with Crippen LogP contribution >= 0.6 is 0 Å². The Labute approximate surface area is 213 Å². The van der Waals surface area contributed by atoms with Crippen LogP contribution in [0.5, 0.6) is 5.75 Å². The summed E-state index contributed by atoms with van der Waals surface area (Å²) in [6.07, 6.45) is 6.54. The van der Waals surface area contributed by atoms with Crippen molar-refractivity contribution in [1.82, 2.24) is 14.8 Å². The van der Waals surface area contributed by atoms with Gasteiger partial charge in [-0.05, 0) is 63.5 Å². The number of nitrogens with one attached hydrogen (secondary N) is 1. The largest absolute Gasteiger partial charge is 0.475 e. The fourth-order valence-corrected chi connectivity index (χ4v) is 5.27. The van der Waals surface area contributed by atoms with Gasteiger partial charge in [0.1, 0.15) is 18.1 Å². The van der Waals surface area contributed by atoms with Crippen LogP contribution in [0.1, 0.15) is 25.7 Å². The summed E-state index contributed by atoms with van der Waals surface area (Å²) < 4.78 is 12.1. The Bertz CT molecular complexity index is 1170. The number of carbonyl (C=O) groups is 1. The first kappa shape index (κ1) is 24.7. The van der Waals surface area contributed by atoms with Gasteiger partial charge in [-0.15, -0.1) is 0 Å². The van der Waals surface area contributed by atoms with Crippen molar-refractivity contribution in [2.24, 2.45) is 0 Å². The highest BCUT2D eigenvalue weighted by molar-refractivity contribution is 5.99. The number of likely N-dealkylation sites (tertiary alicyclic amines) is 1. The SMILES string of the molecule is CN(C)CCNc1c(-c2ccc(OC3CCCCN3C3CO[C@@H](C=O)C3)cc2)ccc2cccnc12. The maximum Gasteiger partial charge on any atom is 0.152 e. The quantitative estimate of drug-likeness (QED) is 0.447. The molecule has 7 nitrogen and oxygen atoms in total. The summed E-state index contributed by atoms with van der Waals surface area (Å²) in [4.78, 5) is 20.4. The van der Waals surface area contributed by atoms with Gasteiger partial charge in [-0.25, -0.2) is 0 Å². The summed E-state index contributed by atoms with van der Waals surface area (Å²) in [5, 5.41) is 4.76. The Kier molecular flexibility index (Phi) is 7.80. The zero-order valence-electron chi connectivity index (χ0n) is 21.2. The van der Waals surface area contributed by atoms with Crippen LogP contribution in [0, 0.1) is 0 Å². The lowest BCUT2D eigenvalue weighted by atomic mass is 10.0. The van der Waals surface area contributed by atoms with Crippen LogP contribution in [-0.4, -0.2) is 79.8 Å². The molecule has 0 spiro atoms. The predicted molar refractivity (Wildman–Crippen MR) is 143 cm³/mol. The highest BCUT2D eigenvalue weighted by Gasteiger charge is 2.36. The Hall–Kier alpha value is -3.00. The fourth-order valence-electron chi connectivity index (χ4n) is 5.27. The van der Waals surface area contributed by atoms with Gasteiger partial charge in [0, 0.05) is 42.8 Å². The second-order valence-corrected chi connectivity index (χ2v) is 10.0. The van der Waals surface area contributed by atoms with Gasteiger partial charge in [-0.3, -0.25) is 9.88 Å². The zero-order valence-corrected chi connectivity index (χ0v) is 21.2. The van der Waals surface area contributed by atoms with Crippen LogP contribution in [0.2, 0.25) is 0 Å². The molecule has 2 fully saturated rings. The van der Waals surface area contributed by atoms with Crippen molar-refractivity contribution < 1.29 is 14.3 Å². The second kappa shape index (κ2) is 11.4. The van der Waals surface area contributed by atoms with Crippen molar-refractivity contribution in [2.75, 3.05) is 45.7 Å². The molecule has 2 aliphatic rings. The van der Waals surface area contributed by atoms with Crippen molar-refractivity contribution >= 4 is 22.9 Å². The number of fused-ring (bicyclic) bond motifs is 1. The maximum absolute atomic E-state index is 11.2. The summed E-state index contributed by atoms with van der Waals surface area (Å²) in [7, 11) is 4.16. The third-order valence-electron chi connectivity index (χ3n) is 7.19. The standard InChI is InChI=1S/C29H36N4O3/c1-32(2)17-15-31-29-26(13-10-22-6-5-14-30-28(22)29)21-8-11-24(12-9-21)36-27-7-3-4-16-33(27)23-18-25(19-34)35-20-23/h5-6,8-14,19,23,25,27,31H,3-4,7,15-18,20H2,1-2H3/t23?,25-,27?/m1/s1. The van der Waals surface area contributed by atoms with E-state index in [0.717, 1.165) is 85.1 Å². The third kappa shape index (κ3) is 5.53. The van der Waals surface area contributed by atoms with Gasteiger partial charge in [0.15, 0.2) is 6.23 Å². The summed E-state index contributed by atoms with van der Waals surface area (Å²) in [6, 6.07) is 17.0. The van der Waals surface area contributed by atoms with E-state index in [0.29, 0.717) is 6.61 Å². The van der Waals surface area contributed by atoms with Gasteiger partial charge >= 0.3 is 0 Å². The van der Waals surface area contributed by atoms with Crippen molar-refractivity contribution in [1.29, 1.82) is 0 Å². The van der Waals surface area contributed by atoms with E-state index >= 15 is 0 Å². The van der Waals surface area contributed by atoms with E-state index in [9.17, 15) is 4.79 Å². The number of rotatable bonds is 9. The van der Waals surface area contributed by atoms with Crippen LogP contribution in [0.4, 0.5) is 5.69 Å². The van der Waals surface area contributed by atoms with Crippen molar-refractivity contribution in [3.05, 3.63) is 54.7 Å². The molecule has 2 aromatic carbocycles. The molecule has 0 saturated carbocycles. The maximum atomic E-state index is 11.2. The van der Waals surface area contributed by atoms with Gasteiger partial charge < -0.3 is 24.5 Å². The van der Waals surface area contributed by atoms with Crippen LogP contribution < -0.4 is 10.1 Å². The van der Waals surface area contributed by atoms with E-state index in [1.807, 2.05) is 12.3 Å². The number of hydrogen-bond donors (Lipinski definition) is 1. The minimum atomic E-state index is -0.283. The van der Waals surface area contributed by atoms with Crippen LogP contribution in [-0.2, 0) is 9.53 Å². The molecule has 5 rings (SSSR count). The minimum Gasteiger partial charge on any atom is -0.475 e. The average molecular weight is 489 g/mol. The minimum absolute atomic E-state index is 0.0109. The normalized spacial score (nSPS) is 22.7. The van der Waals surface area contributed by atoms with Gasteiger partial charge in [0.05, 0.1) is 17.8 Å². The van der Waals surface area contributed by atoms with Gasteiger partial charge in [0.25, 0.3) is 0 Å². The monoisotopic (exact) mass is 488 g/mol. The molecule has 0 aliphatic carbocycles. The van der Waals surface area contributed by atoms with Gasteiger partial charge in [0.2, 0.25) is 0 Å². The molecular weight excluding hydrogens is 452 g/mol. The number of aromatic nitrogens is 1. The van der Waals surface area contributed by atoms with E-state index in [4.69, 9.17) is 9.47 Å². The van der Waals surface area contributed by atoms with Gasteiger partial charge in [-0.2, -0.15) is 0 Å². The number of ether oxygens (including phenoxy) is 2. The van der Waals surface area contributed by atoms with E-state index in [1.165, 1.54) is 0 Å². The number of aldehydes is 1. The fraction of sp³-hybridized carbons (Fsp3) is 0.448. The molecule has 2 saturated heterocycles. The lowest BCUT2D eigenvalue weighted by Gasteiger charge is -2.39. The molecule has 2 unspecified atom stereocenters. The van der Waals surface area contributed by atoms with Crippen molar-refractivity contribution in [3.8, 4) is 16.9 Å². The Morgan fingerprint density at radius 2 is 2.03 bits per heavy atom. The molecule has 1 aromatic heterocycles. The number of benzene rings is 2. The van der Waals surface area contributed by atoms with E-state index in [-0.39, 0.29) is 18.4 Å². The molecular formula is C29H36N4O3. The number of anilines is 1. The first-order chi connectivity index (χ1) is 17.6. The number of pyridine rings is 1. The first-order valence-electron chi connectivity index (χ1n) is 13.0. The average Bonchev–Trinajstić information content (AvgIpc) is 3.39. The summed E-state index contributed by atoms with van der Waals surface area (Å²) >= 11 is 0. The molecule has 36 heavy (non-hydrogen) atoms. The Morgan fingerprint density at radius 3 is 2.81 bits per heavy atom. The van der Waals surface area contributed by atoms with Crippen molar-refractivity contribution in [3.63, 3.8) is 0 Å². The number of nitrogens with zero attached hydrogens (tertiary/aromatic N) is 3. The van der Waals surface area contributed by atoms with E-state index in [1.54, 1.807) is 0 Å². The highest BCUT2D eigenvalue weighted by Crippen LogP contribution is 2.35. The van der Waals surface area contributed by atoms with E-state index < -0.39 is 0 Å². The summed E-state index contributed by atoms with van der Waals surface area (Å²) in [6.45, 7) is 3.35. The third-order valence-corrected chi connectivity index (χ3v) is 7.19. The molecule has 3 atom stereocenters. The van der Waals surface area contributed by atoms with Gasteiger partial charge in [-0.1, -0.05) is 30.3 Å². The number of likely N-dealkylation sites (N-methyl/N-ethyl adjacent to an activating group) is 1. The topological polar surface area (TPSA) is 66.9 Å². The van der Waals surface area contributed by atoms with E-state index in [2.05, 4.69) is 76.7 Å². The molecule has 0 radical (unpaired) electrons. The summed E-state index contributed by atoms with van der Waals surface area (Å²) in [5.41, 5.74) is 4.31. The van der Waals surface area contributed by atoms with Crippen LogP contribution in [0.3, 0.4) is 0 Å². The molecule has 3 aromatic rings. The molecule has 0 amide bonds. The number of carbonyl (C=O) groups excluding carboxylic acids is 1.